The van der Waals surface area contributed by atoms with Gasteiger partial charge in [-0.3, -0.25) is 0 Å². The van der Waals surface area contributed by atoms with E-state index in [2.05, 4.69) is 24.1 Å². The van der Waals surface area contributed by atoms with E-state index in [0.29, 0.717) is 18.7 Å². The minimum absolute atomic E-state index is 0.0177. The highest BCUT2D eigenvalue weighted by molar-refractivity contribution is 5.00. The topological polar surface area (TPSA) is 35.5 Å². The fraction of sp³-hybridized carbons (Fsp3) is 1.00. The molecule has 0 spiro atoms. The maximum Gasteiger partial charge on any atom is 0.0613 e. The molecule has 0 aliphatic heterocycles. The van der Waals surface area contributed by atoms with Crippen molar-refractivity contribution in [3.05, 3.63) is 0 Å². The number of aliphatic hydroxyl groups excluding tert-OH is 1. The van der Waals surface area contributed by atoms with E-state index >= 15 is 0 Å². The predicted octanol–water partition coefficient (Wildman–Crippen LogP) is 2.53. The average Bonchev–Trinajstić information content (AvgIpc) is 3.22. The molecule has 112 valence electrons. The van der Waals surface area contributed by atoms with Gasteiger partial charge in [-0.15, -0.1) is 0 Å². The fourth-order valence-corrected chi connectivity index (χ4v) is 3.68. The standard InChI is InChI=1S/C16H32N2O/c1-3-10-18(11-4-2)15-6-5-9-16(12-15,13-19)17-14-7-8-14/h14-15,17,19H,3-13H2,1-2H3. The zero-order valence-electron chi connectivity index (χ0n) is 12.8. The second-order valence-corrected chi connectivity index (χ2v) is 6.64. The van der Waals surface area contributed by atoms with E-state index in [1.807, 2.05) is 0 Å². The molecule has 0 heterocycles. The van der Waals surface area contributed by atoms with Crippen LogP contribution in [0.1, 0.15) is 65.2 Å². The lowest BCUT2D eigenvalue weighted by molar-refractivity contribution is 0.0577. The Morgan fingerprint density at radius 1 is 1.16 bits per heavy atom. The third-order valence-corrected chi connectivity index (χ3v) is 4.75. The van der Waals surface area contributed by atoms with E-state index in [0.717, 1.165) is 12.8 Å². The molecule has 2 rings (SSSR count). The summed E-state index contributed by atoms with van der Waals surface area (Å²) in [5.41, 5.74) is 0.0177. The van der Waals surface area contributed by atoms with Crippen LogP contribution in [0.25, 0.3) is 0 Å². The second kappa shape index (κ2) is 7.05. The van der Waals surface area contributed by atoms with Crippen LogP contribution >= 0.6 is 0 Å². The first-order valence-electron chi connectivity index (χ1n) is 8.35. The van der Waals surface area contributed by atoms with Crippen molar-refractivity contribution in [2.24, 2.45) is 0 Å². The van der Waals surface area contributed by atoms with Crippen LogP contribution in [0.2, 0.25) is 0 Å². The van der Waals surface area contributed by atoms with E-state index in [1.165, 1.54) is 51.6 Å². The fourth-order valence-electron chi connectivity index (χ4n) is 3.68. The van der Waals surface area contributed by atoms with E-state index in [4.69, 9.17) is 0 Å². The Bertz CT molecular complexity index is 261. The molecular formula is C16H32N2O. The lowest BCUT2D eigenvalue weighted by Crippen LogP contribution is -2.56. The van der Waals surface area contributed by atoms with Crippen LogP contribution in [0.3, 0.4) is 0 Å². The molecule has 2 N–H and O–H groups in total. The van der Waals surface area contributed by atoms with Crippen LogP contribution in [0.5, 0.6) is 0 Å². The van der Waals surface area contributed by atoms with Crippen molar-refractivity contribution in [1.82, 2.24) is 10.2 Å². The van der Waals surface area contributed by atoms with E-state index in [-0.39, 0.29) is 5.54 Å². The van der Waals surface area contributed by atoms with Gasteiger partial charge in [-0.1, -0.05) is 13.8 Å². The highest BCUT2D eigenvalue weighted by Crippen LogP contribution is 2.34. The molecule has 0 aromatic heterocycles. The summed E-state index contributed by atoms with van der Waals surface area (Å²) in [6.45, 7) is 7.28. The summed E-state index contributed by atoms with van der Waals surface area (Å²) in [4.78, 5) is 2.66. The first kappa shape index (κ1) is 15.3. The molecule has 0 saturated heterocycles. The van der Waals surface area contributed by atoms with Crippen molar-refractivity contribution in [3.8, 4) is 0 Å². The summed E-state index contributed by atoms with van der Waals surface area (Å²) in [7, 11) is 0. The number of aliphatic hydroxyl groups is 1. The van der Waals surface area contributed by atoms with Gasteiger partial charge >= 0.3 is 0 Å². The average molecular weight is 268 g/mol. The number of nitrogens with zero attached hydrogens (tertiary/aromatic N) is 1. The van der Waals surface area contributed by atoms with Crippen molar-refractivity contribution in [2.45, 2.75) is 82.8 Å². The molecule has 2 unspecified atom stereocenters. The van der Waals surface area contributed by atoms with Crippen LogP contribution in [-0.2, 0) is 0 Å². The molecular weight excluding hydrogens is 236 g/mol. The van der Waals surface area contributed by atoms with Gasteiger partial charge in [0.1, 0.15) is 0 Å². The molecule has 2 aliphatic carbocycles. The number of nitrogens with one attached hydrogen (secondary N) is 1. The zero-order valence-corrected chi connectivity index (χ0v) is 12.8. The van der Waals surface area contributed by atoms with E-state index in [1.54, 1.807) is 0 Å². The lowest BCUT2D eigenvalue weighted by Gasteiger charge is -2.44. The Morgan fingerprint density at radius 2 is 1.84 bits per heavy atom. The summed E-state index contributed by atoms with van der Waals surface area (Å²) in [6, 6.07) is 1.36. The van der Waals surface area contributed by atoms with Crippen molar-refractivity contribution in [3.63, 3.8) is 0 Å². The molecule has 0 amide bonds. The van der Waals surface area contributed by atoms with E-state index < -0.39 is 0 Å². The van der Waals surface area contributed by atoms with Crippen molar-refractivity contribution >= 4 is 0 Å². The molecule has 0 aromatic rings. The maximum atomic E-state index is 9.90. The number of hydrogen-bond acceptors (Lipinski definition) is 3. The molecule has 0 bridgehead atoms. The van der Waals surface area contributed by atoms with Gasteiger partial charge in [-0.25, -0.2) is 0 Å². The van der Waals surface area contributed by atoms with Crippen LogP contribution in [-0.4, -0.2) is 47.3 Å². The van der Waals surface area contributed by atoms with Crippen molar-refractivity contribution in [2.75, 3.05) is 19.7 Å². The molecule has 3 heteroatoms. The number of rotatable bonds is 8. The van der Waals surface area contributed by atoms with Gasteiger partial charge in [0.15, 0.2) is 0 Å². The molecule has 19 heavy (non-hydrogen) atoms. The SMILES string of the molecule is CCCN(CCC)C1CCCC(CO)(NC2CC2)C1. The van der Waals surface area contributed by atoms with Crippen LogP contribution in [0.4, 0.5) is 0 Å². The summed E-state index contributed by atoms with van der Waals surface area (Å²) in [5.74, 6) is 0. The Labute approximate surface area is 118 Å². The molecule has 0 radical (unpaired) electrons. The highest BCUT2D eigenvalue weighted by Gasteiger charge is 2.40. The summed E-state index contributed by atoms with van der Waals surface area (Å²) in [6.07, 6.45) is 9.95. The monoisotopic (exact) mass is 268 g/mol. The first-order valence-corrected chi connectivity index (χ1v) is 8.35. The van der Waals surface area contributed by atoms with Crippen LogP contribution in [0, 0.1) is 0 Å². The molecule has 0 aromatic carbocycles. The van der Waals surface area contributed by atoms with Gasteiger partial charge in [0.2, 0.25) is 0 Å². The summed E-state index contributed by atoms with van der Waals surface area (Å²) < 4.78 is 0. The first-order chi connectivity index (χ1) is 9.23. The molecule has 3 nitrogen and oxygen atoms in total. The molecule has 2 atom stereocenters. The quantitative estimate of drug-likeness (QED) is 0.710. The summed E-state index contributed by atoms with van der Waals surface area (Å²) >= 11 is 0. The highest BCUT2D eigenvalue weighted by atomic mass is 16.3. The van der Waals surface area contributed by atoms with Gasteiger partial charge in [-0.05, 0) is 64.5 Å². The molecule has 2 fully saturated rings. The van der Waals surface area contributed by atoms with Crippen molar-refractivity contribution < 1.29 is 5.11 Å². The predicted molar refractivity (Wildman–Crippen MR) is 80.4 cm³/mol. The third kappa shape index (κ3) is 4.17. The van der Waals surface area contributed by atoms with Gasteiger partial charge in [0, 0.05) is 17.6 Å². The van der Waals surface area contributed by atoms with Gasteiger partial charge in [0.05, 0.1) is 6.61 Å². The maximum absolute atomic E-state index is 9.90. The summed E-state index contributed by atoms with van der Waals surface area (Å²) in [5, 5.41) is 13.6. The normalized spacial score (nSPS) is 31.9. The second-order valence-electron chi connectivity index (χ2n) is 6.64. The Morgan fingerprint density at radius 3 is 2.37 bits per heavy atom. The van der Waals surface area contributed by atoms with Crippen molar-refractivity contribution in [1.29, 1.82) is 0 Å². The molecule has 2 saturated carbocycles. The number of hydrogen-bond donors (Lipinski definition) is 2. The van der Waals surface area contributed by atoms with Gasteiger partial charge < -0.3 is 15.3 Å². The Balaban J connectivity index is 1.96. The van der Waals surface area contributed by atoms with Gasteiger partial charge in [-0.2, -0.15) is 0 Å². The largest absolute Gasteiger partial charge is 0.394 e. The third-order valence-electron chi connectivity index (χ3n) is 4.75. The smallest absolute Gasteiger partial charge is 0.0613 e. The Hall–Kier alpha value is -0.120. The minimum Gasteiger partial charge on any atom is -0.394 e. The lowest BCUT2D eigenvalue weighted by atomic mass is 9.78. The Kier molecular flexibility index (Phi) is 5.67. The van der Waals surface area contributed by atoms with E-state index in [9.17, 15) is 5.11 Å². The molecule has 2 aliphatic rings. The van der Waals surface area contributed by atoms with Gasteiger partial charge in [0.25, 0.3) is 0 Å². The zero-order chi connectivity index (χ0) is 13.7. The minimum atomic E-state index is 0.0177. The van der Waals surface area contributed by atoms with Crippen LogP contribution in [0.15, 0.2) is 0 Å². The van der Waals surface area contributed by atoms with Crippen LogP contribution < -0.4 is 5.32 Å².